The van der Waals surface area contributed by atoms with E-state index in [1.54, 1.807) is 42.5 Å². The van der Waals surface area contributed by atoms with Crippen LogP contribution in [-0.2, 0) is 0 Å². The monoisotopic (exact) mass is 398 g/mol. The smallest absolute Gasteiger partial charge is 0.257 e. The van der Waals surface area contributed by atoms with Crippen LogP contribution >= 0.6 is 11.6 Å². The Bertz CT molecular complexity index is 1020. The number of hydrogen-bond donors (Lipinski definition) is 2. The van der Waals surface area contributed by atoms with Crippen LogP contribution in [0, 0.1) is 5.82 Å². The predicted molar refractivity (Wildman–Crippen MR) is 107 cm³/mol. The summed E-state index contributed by atoms with van der Waals surface area (Å²) in [7, 11) is 1.45. The molecule has 2 N–H and O–H groups in total. The van der Waals surface area contributed by atoms with Gasteiger partial charge in [0.25, 0.3) is 11.8 Å². The van der Waals surface area contributed by atoms with Gasteiger partial charge in [-0.25, -0.2) is 4.39 Å². The lowest BCUT2D eigenvalue weighted by molar-refractivity contribution is 0.101. The number of hydrogen-bond acceptors (Lipinski definition) is 3. The third-order valence-corrected chi connectivity index (χ3v) is 4.26. The van der Waals surface area contributed by atoms with E-state index in [9.17, 15) is 14.0 Å². The third kappa shape index (κ3) is 4.47. The molecule has 2 amide bonds. The minimum Gasteiger partial charge on any atom is -0.494 e. The van der Waals surface area contributed by atoms with E-state index in [0.29, 0.717) is 33.3 Å². The molecule has 3 rings (SSSR count). The topological polar surface area (TPSA) is 67.4 Å². The number of nitrogens with one attached hydrogen (secondary N) is 2. The first-order valence-corrected chi connectivity index (χ1v) is 8.66. The van der Waals surface area contributed by atoms with E-state index in [-0.39, 0.29) is 5.91 Å². The van der Waals surface area contributed by atoms with E-state index in [2.05, 4.69) is 10.6 Å². The lowest BCUT2D eigenvalue weighted by atomic mass is 10.2. The average Bonchev–Trinajstić information content (AvgIpc) is 2.69. The van der Waals surface area contributed by atoms with Gasteiger partial charge >= 0.3 is 0 Å². The van der Waals surface area contributed by atoms with Crippen LogP contribution in [0.5, 0.6) is 5.75 Å². The summed E-state index contributed by atoms with van der Waals surface area (Å²) in [4.78, 5) is 24.7. The zero-order valence-corrected chi connectivity index (χ0v) is 15.6. The van der Waals surface area contributed by atoms with Gasteiger partial charge in [0.05, 0.1) is 23.4 Å². The molecule has 5 nitrogen and oxygen atoms in total. The third-order valence-electron chi connectivity index (χ3n) is 3.93. The fourth-order valence-corrected chi connectivity index (χ4v) is 2.73. The molecule has 0 atom stereocenters. The number of ether oxygens (including phenoxy) is 1. The van der Waals surface area contributed by atoms with E-state index in [0.717, 1.165) is 0 Å². The van der Waals surface area contributed by atoms with Gasteiger partial charge in [-0.3, -0.25) is 9.59 Å². The van der Waals surface area contributed by atoms with Crippen molar-refractivity contribution in [1.82, 2.24) is 0 Å². The molecule has 0 aliphatic carbocycles. The molecule has 0 aliphatic rings. The van der Waals surface area contributed by atoms with Crippen molar-refractivity contribution >= 4 is 34.8 Å². The van der Waals surface area contributed by atoms with Crippen molar-refractivity contribution < 1.29 is 18.7 Å². The van der Waals surface area contributed by atoms with Crippen LogP contribution in [0.25, 0.3) is 0 Å². The van der Waals surface area contributed by atoms with Gasteiger partial charge in [-0.2, -0.15) is 0 Å². The lowest BCUT2D eigenvalue weighted by Crippen LogP contribution is -2.14. The van der Waals surface area contributed by atoms with Crippen molar-refractivity contribution in [3.05, 3.63) is 88.7 Å². The van der Waals surface area contributed by atoms with Gasteiger partial charge < -0.3 is 15.4 Å². The maximum atomic E-state index is 13.0. The zero-order valence-electron chi connectivity index (χ0n) is 14.8. The largest absolute Gasteiger partial charge is 0.494 e. The molecule has 0 aliphatic heterocycles. The Labute approximate surface area is 166 Å². The number of carbonyl (C=O) groups excluding carboxylic acids is 2. The second-order valence-electron chi connectivity index (χ2n) is 5.81. The SMILES string of the molecule is COc1cc(NC(=O)c2ccc(F)cc2)ccc1NC(=O)c1ccccc1Cl. The van der Waals surface area contributed by atoms with E-state index < -0.39 is 11.7 Å². The minimum atomic E-state index is -0.420. The number of rotatable bonds is 5. The van der Waals surface area contributed by atoms with Gasteiger partial charge in [0.1, 0.15) is 11.6 Å². The summed E-state index contributed by atoms with van der Waals surface area (Å²) in [5.41, 5.74) is 1.53. The molecule has 0 saturated heterocycles. The summed E-state index contributed by atoms with van der Waals surface area (Å²) in [5.74, 6) is -0.837. The van der Waals surface area contributed by atoms with Gasteiger partial charge in [-0.05, 0) is 48.5 Å². The molecule has 0 unspecified atom stereocenters. The standard InChI is InChI=1S/C21H16ClFN2O3/c1-28-19-12-15(24-20(26)13-6-8-14(23)9-7-13)10-11-18(19)25-21(27)16-4-2-3-5-17(16)22/h2-12H,1H3,(H,24,26)(H,25,27). The Morgan fingerprint density at radius 1 is 0.929 bits per heavy atom. The van der Waals surface area contributed by atoms with Gasteiger partial charge in [0.2, 0.25) is 0 Å². The summed E-state index contributed by atoms with van der Waals surface area (Å²) < 4.78 is 18.3. The van der Waals surface area contributed by atoms with Crippen LogP contribution in [0.2, 0.25) is 5.02 Å². The molecule has 0 bridgehead atoms. The van der Waals surface area contributed by atoms with Crippen molar-refractivity contribution in [3.63, 3.8) is 0 Å². The van der Waals surface area contributed by atoms with E-state index >= 15 is 0 Å². The second kappa shape index (κ2) is 8.54. The molecular weight excluding hydrogens is 383 g/mol. The Kier molecular flexibility index (Phi) is 5.91. The molecule has 0 heterocycles. The lowest BCUT2D eigenvalue weighted by Gasteiger charge is -2.13. The van der Waals surface area contributed by atoms with E-state index in [1.165, 1.54) is 31.4 Å². The molecule has 0 saturated carbocycles. The van der Waals surface area contributed by atoms with Crippen molar-refractivity contribution in [2.75, 3.05) is 17.7 Å². The highest BCUT2D eigenvalue weighted by molar-refractivity contribution is 6.34. The van der Waals surface area contributed by atoms with Crippen molar-refractivity contribution in [2.24, 2.45) is 0 Å². The molecule has 0 aromatic heterocycles. The van der Waals surface area contributed by atoms with Gasteiger partial charge in [0, 0.05) is 17.3 Å². The van der Waals surface area contributed by atoms with Crippen LogP contribution in [0.1, 0.15) is 20.7 Å². The zero-order chi connectivity index (χ0) is 20.1. The molecule has 3 aromatic rings. The number of halogens is 2. The Morgan fingerprint density at radius 3 is 2.32 bits per heavy atom. The Hall–Kier alpha value is -3.38. The van der Waals surface area contributed by atoms with Crippen LogP contribution in [0.15, 0.2) is 66.7 Å². The number of benzene rings is 3. The van der Waals surface area contributed by atoms with Crippen molar-refractivity contribution in [3.8, 4) is 5.75 Å². The molecule has 7 heteroatoms. The predicted octanol–water partition coefficient (Wildman–Crippen LogP) is 4.99. The fraction of sp³-hybridized carbons (Fsp3) is 0.0476. The summed E-state index contributed by atoms with van der Waals surface area (Å²) in [6.07, 6.45) is 0. The molecular formula is C21H16ClFN2O3. The first-order valence-electron chi connectivity index (χ1n) is 8.29. The highest BCUT2D eigenvalue weighted by Gasteiger charge is 2.14. The first kappa shape index (κ1) is 19.4. The Balaban J connectivity index is 1.76. The maximum Gasteiger partial charge on any atom is 0.257 e. The van der Waals surface area contributed by atoms with Gasteiger partial charge in [-0.1, -0.05) is 23.7 Å². The van der Waals surface area contributed by atoms with Crippen LogP contribution in [-0.4, -0.2) is 18.9 Å². The van der Waals surface area contributed by atoms with Crippen LogP contribution in [0.3, 0.4) is 0 Å². The van der Waals surface area contributed by atoms with Crippen molar-refractivity contribution in [1.29, 1.82) is 0 Å². The molecule has 0 radical (unpaired) electrons. The normalized spacial score (nSPS) is 10.2. The number of anilines is 2. The fourth-order valence-electron chi connectivity index (χ4n) is 2.51. The Morgan fingerprint density at radius 2 is 1.64 bits per heavy atom. The molecule has 0 fully saturated rings. The summed E-state index contributed by atoms with van der Waals surface area (Å²) in [5, 5.41) is 5.77. The number of amides is 2. The van der Waals surface area contributed by atoms with Crippen LogP contribution < -0.4 is 15.4 Å². The highest BCUT2D eigenvalue weighted by Crippen LogP contribution is 2.29. The minimum absolute atomic E-state index is 0.316. The van der Waals surface area contributed by atoms with E-state index in [4.69, 9.17) is 16.3 Å². The summed E-state index contributed by atoms with van der Waals surface area (Å²) in [6.45, 7) is 0. The average molecular weight is 399 g/mol. The second-order valence-corrected chi connectivity index (χ2v) is 6.22. The first-order chi connectivity index (χ1) is 13.5. The molecule has 0 spiro atoms. The van der Waals surface area contributed by atoms with Gasteiger partial charge in [0.15, 0.2) is 0 Å². The van der Waals surface area contributed by atoms with Crippen LogP contribution in [0.4, 0.5) is 15.8 Å². The van der Waals surface area contributed by atoms with E-state index in [1.807, 2.05) is 0 Å². The maximum absolute atomic E-state index is 13.0. The quantitative estimate of drug-likeness (QED) is 0.636. The summed E-state index contributed by atoms with van der Waals surface area (Å²) in [6, 6.07) is 16.7. The number of methoxy groups -OCH3 is 1. The number of carbonyl (C=O) groups is 2. The molecule has 28 heavy (non-hydrogen) atoms. The summed E-state index contributed by atoms with van der Waals surface area (Å²) >= 11 is 6.05. The van der Waals surface area contributed by atoms with Crippen molar-refractivity contribution in [2.45, 2.75) is 0 Å². The van der Waals surface area contributed by atoms with Gasteiger partial charge in [-0.15, -0.1) is 0 Å². The molecule has 142 valence electrons. The molecule has 3 aromatic carbocycles. The highest BCUT2D eigenvalue weighted by atomic mass is 35.5.